The zero-order valence-corrected chi connectivity index (χ0v) is 19.3. The summed E-state index contributed by atoms with van der Waals surface area (Å²) in [5.74, 6) is -0.483. The molecular formula is C25H29NO9. The Morgan fingerprint density at radius 2 is 1.37 bits per heavy atom. The highest BCUT2D eigenvalue weighted by Gasteiger charge is 2.10. The first-order chi connectivity index (χ1) is 17.0. The van der Waals surface area contributed by atoms with Crippen molar-refractivity contribution >= 4 is 17.8 Å². The van der Waals surface area contributed by atoms with Gasteiger partial charge in [-0.15, -0.1) is 0 Å². The number of carbonyl (C=O) groups is 3. The Hall–Kier alpha value is -3.73. The third kappa shape index (κ3) is 10.8. The zero-order chi connectivity index (χ0) is 25.3. The van der Waals surface area contributed by atoms with E-state index >= 15 is 0 Å². The van der Waals surface area contributed by atoms with Gasteiger partial charge in [0.2, 0.25) is 0 Å². The number of amides is 1. The predicted octanol–water partition coefficient (Wildman–Crippen LogP) is 1.77. The first kappa shape index (κ1) is 27.5. The van der Waals surface area contributed by atoms with Crippen LogP contribution in [0, 0.1) is 0 Å². The molecule has 2 rings (SSSR count). The summed E-state index contributed by atoms with van der Waals surface area (Å²) in [4.78, 5) is 35.0. The Labute approximate surface area is 203 Å². The Kier molecular flexibility index (Phi) is 12.6. The average molecular weight is 488 g/mol. The third-order valence-corrected chi connectivity index (χ3v) is 4.32. The van der Waals surface area contributed by atoms with Crippen LogP contribution in [0.4, 0.5) is 0 Å². The second-order valence-corrected chi connectivity index (χ2v) is 6.86. The largest absolute Gasteiger partial charge is 0.491 e. The summed E-state index contributed by atoms with van der Waals surface area (Å²) in [5.41, 5.74) is 0.733. The molecule has 10 nitrogen and oxygen atoms in total. The molecule has 0 fully saturated rings. The van der Waals surface area contributed by atoms with Crippen molar-refractivity contribution in [2.24, 2.45) is 0 Å². The van der Waals surface area contributed by atoms with Crippen molar-refractivity contribution in [3.8, 4) is 11.5 Å². The Morgan fingerprint density at radius 3 is 2.00 bits per heavy atom. The maximum absolute atomic E-state index is 12.3. The monoisotopic (exact) mass is 487 g/mol. The predicted molar refractivity (Wildman–Crippen MR) is 126 cm³/mol. The topological polar surface area (TPSA) is 130 Å². The molecule has 10 heteroatoms. The van der Waals surface area contributed by atoms with Crippen LogP contribution in [-0.4, -0.2) is 75.7 Å². The van der Waals surface area contributed by atoms with Crippen molar-refractivity contribution in [2.45, 2.75) is 0 Å². The van der Waals surface area contributed by atoms with Crippen LogP contribution in [0.15, 0.2) is 61.2 Å². The number of nitrogens with one attached hydrogen (secondary N) is 1. The highest BCUT2D eigenvalue weighted by molar-refractivity contribution is 5.94. The molecule has 0 aliphatic rings. The number of carbonyl (C=O) groups excluding carboxylic acids is 3. The van der Waals surface area contributed by atoms with Crippen LogP contribution in [0.2, 0.25) is 0 Å². The number of aliphatic hydroxyl groups is 1. The molecule has 0 saturated carbocycles. The fourth-order valence-electron chi connectivity index (χ4n) is 2.60. The van der Waals surface area contributed by atoms with Crippen molar-refractivity contribution in [2.75, 3.05) is 52.8 Å². The lowest BCUT2D eigenvalue weighted by Crippen LogP contribution is -2.26. The number of aliphatic hydroxyl groups excluding tert-OH is 1. The molecule has 0 unspecified atom stereocenters. The molecule has 0 aliphatic carbocycles. The van der Waals surface area contributed by atoms with E-state index in [2.05, 4.69) is 11.9 Å². The van der Waals surface area contributed by atoms with E-state index in [1.165, 1.54) is 24.3 Å². The van der Waals surface area contributed by atoms with Crippen molar-refractivity contribution in [1.29, 1.82) is 0 Å². The van der Waals surface area contributed by atoms with Crippen molar-refractivity contribution in [1.82, 2.24) is 5.32 Å². The highest BCUT2D eigenvalue weighted by atomic mass is 16.6. The average Bonchev–Trinajstić information content (AvgIpc) is 2.88. The lowest BCUT2D eigenvalue weighted by Gasteiger charge is -2.09. The van der Waals surface area contributed by atoms with Gasteiger partial charge in [-0.25, -0.2) is 9.59 Å². The number of hydrogen-bond acceptors (Lipinski definition) is 9. The Balaban J connectivity index is 1.62. The molecule has 0 aliphatic heterocycles. The first-order valence-corrected chi connectivity index (χ1v) is 10.9. The molecule has 2 aromatic rings. The van der Waals surface area contributed by atoms with Gasteiger partial charge in [0, 0.05) is 18.2 Å². The van der Waals surface area contributed by atoms with E-state index in [9.17, 15) is 14.4 Å². The molecule has 0 bridgehead atoms. The molecule has 0 radical (unpaired) electrons. The summed E-state index contributed by atoms with van der Waals surface area (Å²) in [6.45, 7) is 5.16. The number of hydrogen-bond donors (Lipinski definition) is 2. The van der Waals surface area contributed by atoms with Gasteiger partial charge in [-0.1, -0.05) is 6.58 Å². The van der Waals surface area contributed by atoms with Crippen LogP contribution in [0.25, 0.3) is 0 Å². The van der Waals surface area contributed by atoms with Gasteiger partial charge in [0.15, 0.2) is 0 Å². The molecule has 188 valence electrons. The number of esters is 2. The van der Waals surface area contributed by atoms with E-state index < -0.39 is 11.9 Å². The SMILES string of the molecule is C=CC(=O)OCCOCCOCCOc1ccc(C(=O)Oc2ccc(C(=O)NCCO)cc2)cc1. The molecule has 2 N–H and O–H groups in total. The van der Waals surface area contributed by atoms with Crippen LogP contribution in [0.1, 0.15) is 20.7 Å². The normalized spacial score (nSPS) is 10.3. The van der Waals surface area contributed by atoms with Gasteiger partial charge in [0.05, 0.1) is 38.6 Å². The Morgan fingerprint density at radius 1 is 0.800 bits per heavy atom. The van der Waals surface area contributed by atoms with Crippen LogP contribution >= 0.6 is 0 Å². The second kappa shape index (κ2) is 16.0. The van der Waals surface area contributed by atoms with Crippen LogP contribution in [0.5, 0.6) is 11.5 Å². The minimum absolute atomic E-state index is 0.145. The summed E-state index contributed by atoms with van der Waals surface area (Å²) in [6.07, 6.45) is 1.09. The Bertz CT molecular complexity index is 942. The van der Waals surface area contributed by atoms with Crippen molar-refractivity contribution in [3.05, 3.63) is 72.3 Å². The van der Waals surface area contributed by atoms with Gasteiger partial charge in [-0.2, -0.15) is 0 Å². The molecule has 35 heavy (non-hydrogen) atoms. The maximum atomic E-state index is 12.3. The molecule has 0 spiro atoms. The maximum Gasteiger partial charge on any atom is 0.343 e. The highest BCUT2D eigenvalue weighted by Crippen LogP contribution is 2.17. The van der Waals surface area contributed by atoms with Crippen molar-refractivity contribution < 1.29 is 43.2 Å². The van der Waals surface area contributed by atoms with Gasteiger partial charge in [-0.05, 0) is 48.5 Å². The van der Waals surface area contributed by atoms with E-state index in [4.69, 9.17) is 28.8 Å². The summed E-state index contributed by atoms with van der Waals surface area (Å²) in [6, 6.07) is 12.6. The first-order valence-electron chi connectivity index (χ1n) is 10.9. The summed E-state index contributed by atoms with van der Waals surface area (Å²) in [7, 11) is 0. The van der Waals surface area contributed by atoms with E-state index in [0.717, 1.165) is 6.08 Å². The molecule has 0 aromatic heterocycles. The molecule has 0 heterocycles. The van der Waals surface area contributed by atoms with Crippen LogP contribution in [-0.2, 0) is 19.0 Å². The van der Waals surface area contributed by atoms with Gasteiger partial charge in [0.25, 0.3) is 5.91 Å². The number of rotatable bonds is 16. The molecule has 0 saturated heterocycles. The molecule has 2 aromatic carbocycles. The second-order valence-electron chi connectivity index (χ2n) is 6.86. The molecule has 1 amide bonds. The minimum Gasteiger partial charge on any atom is -0.491 e. The van der Waals surface area contributed by atoms with E-state index in [1.807, 2.05) is 0 Å². The number of ether oxygens (including phenoxy) is 5. The molecule has 0 atom stereocenters. The van der Waals surface area contributed by atoms with E-state index in [-0.39, 0.29) is 32.3 Å². The fourth-order valence-corrected chi connectivity index (χ4v) is 2.60. The summed E-state index contributed by atoms with van der Waals surface area (Å²) >= 11 is 0. The third-order valence-electron chi connectivity index (χ3n) is 4.32. The van der Waals surface area contributed by atoms with E-state index in [1.54, 1.807) is 24.3 Å². The van der Waals surface area contributed by atoms with Gasteiger partial charge in [-0.3, -0.25) is 4.79 Å². The summed E-state index contributed by atoms with van der Waals surface area (Å²) in [5, 5.41) is 11.3. The number of benzene rings is 2. The van der Waals surface area contributed by atoms with Crippen LogP contribution in [0.3, 0.4) is 0 Å². The minimum atomic E-state index is -0.545. The van der Waals surface area contributed by atoms with Crippen LogP contribution < -0.4 is 14.8 Å². The standard InChI is InChI=1S/C25H29NO9/c1-2-23(28)34-18-16-32-14-13-31-15-17-33-21-7-5-20(6-8-21)25(30)35-22-9-3-19(4-10-22)24(29)26-11-12-27/h2-10,27H,1,11-18H2,(H,26,29). The van der Waals surface area contributed by atoms with Gasteiger partial charge >= 0.3 is 11.9 Å². The van der Waals surface area contributed by atoms with Gasteiger partial charge in [0.1, 0.15) is 24.7 Å². The van der Waals surface area contributed by atoms with Crippen molar-refractivity contribution in [3.63, 3.8) is 0 Å². The quantitative estimate of drug-likeness (QED) is 0.157. The van der Waals surface area contributed by atoms with Gasteiger partial charge < -0.3 is 34.1 Å². The van der Waals surface area contributed by atoms with E-state index in [0.29, 0.717) is 49.1 Å². The summed E-state index contributed by atoms with van der Waals surface area (Å²) < 4.78 is 26.3. The lowest BCUT2D eigenvalue weighted by molar-refractivity contribution is -0.139. The smallest absolute Gasteiger partial charge is 0.343 e. The molecular weight excluding hydrogens is 458 g/mol. The fraction of sp³-hybridized carbons (Fsp3) is 0.320. The zero-order valence-electron chi connectivity index (χ0n) is 19.3. The lowest BCUT2D eigenvalue weighted by atomic mass is 10.2.